The van der Waals surface area contributed by atoms with Crippen molar-refractivity contribution in [3.63, 3.8) is 0 Å². The molecule has 0 aliphatic carbocycles. The van der Waals surface area contributed by atoms with Crippen molar-refractivity contribution >= 4 is 55.2 Å². The van der Waals surface area contributed by atoms with E-state index in [0.717, 1.165) is 31.2 Å². The van der Waals surface area contributed by atoms with Crippen LogP contribution in [0, 0.1) is 22.7 Å². The zero-order valence-corrected chi connectivity index (χ0v) is 17.9. The van der Waals surface area contributed by atoms with Gasteiger partial charge in [-0.05, 0) is 58.7 Å². The highest BCUT2D eigenvalue weighted by Crippen LogP contribution is 2.24. The van der Waals surface area contributed by atoms with Crippen LogP contribution >= 0.6 is 31.9 Å². The Morgan fingerprint density at radius 2 is 1.04 bits per heavy atom. The third-order valence-corrected chi connectivity index (χ3v) is 5.05. The summed E-state index contributed by atoms with van der Waals surface area (Å²) in [5.41, 5.74) is 4.65. The van der Waals surface area contributed by atoms with Gasteiger partial charge in [-0.2, -0.15) is 10.5 Å². The van der Waals surface area contributed by atoms with Crippen molar-refractivity contribution in [1.29, 1.82) is 10.5 Å². The summed E-state index contributed by atoms with van der Waals surface area (Å²) in [5.74, 6) is 0. The number of nitriles is 2. The van der Waals surface area contributed by atoms with Crippen LogP contribution in [-0.2, 0) is 0 Å². The van der Waals surface area contributed by atoms with Crippen LogP contribution in [-0.4, -0.2) is 0 Å². The van der Waals surface area contributed by atoms with Crippen molar-refractivity contribution in [3.05, 3.63) is 104 Å². The van der Waals surface area contributed by atoms with Gasteiger partial charge in [-0.15, -0.1) is 0 Å². The average Bonchev–Trinajstić information content (AvgIpc) is 2.70. The lowest BCUT2D eigenvalue weighted by atomic mass is 9.99. The summed E-state index contributed by atoms with van der Waals surface area (Å²) in [6.45, 7) is 0. The minimum Gasteiger partial charge on any atom is -0.192 e. The Balaban J connectivity index is 1.91. The first-order valence-corrected chi connectivity index (χ1v) is 10.0. The van der Waals surface area contributed by atoms with Crippen molar-refractivity contribution in [2.75, 3.05) is 0 Å². The molecule has 2 nitrogen and oxygen atoms in total. The van der Waals surface area contributed by atoms with Gasteiger partial charge in [-0.1, -0.05) is 80.4 Å². The smallest absolute Gasteiger partial charge is 0.0998 e. The summed E-state index contributed by atoms with van der Waals surface area (Å²) in [5, 5.41) is 19.1. The highest BCUT2D eigenvalue weighted by molar-refractivity contribution is 9.10. The van der Waals surface area contributed by atoms with E-state index in [1.54, 1.807) is 0 Å². The Morgan fingerprint density at radius 3 is 1.36 bits per heavy atom. The molecule has 0 aliphatic rings. The molecule has 134 valence electrons. The molecule has 0 amide bonds. The van der Waals surface area contributed by atoms with E-state index in [2.05, 4.69) is 44.0 Å². The molecule has 0 N–H and O–H groups in total. The molecule has 0 fully saturated rings. The van der Waals surface area contributed by atoms with Crippen molar-refractivity contribution in [2.45, 2.75) is 0 Å². The largest absolute Gasteiger partial charge is 0.192 e. The second-order valence-electron chi connectivity index (χ2n) is 6.03. The van der Waals surface area contributed by atoms with E-state index in [9.17, 15) is 10.5 Å². The van der Waals surface area contributed by atoms with Gasteiger partial charge >= 0.3 is 0 Å². The third-order valence-electron chi connectivity index (χ3n) is 4.07. The zero-order valence-electron chi connectivity index (χ0n) is 14.7. The number of allylic oxidation sites excluding steroid dienone is 2. The molecule has 0 aromatic heterocycles. The summed E-state index contributed by atoms with van der Waals surface area (Å²) < 4.78 is 1.93. The van der Waals surface area contributed by atoms with E-state index in [-0.39, 0.29) is 0 Å². The van der Waals surface area contributed by atoms with E-state index in [4.69, 9.17) is 0 Å². The van der Waals surface area contributed by atoms with Crippen LogP contribution in [0.2, 0.25) is 0 Å². The molecule has 3 aromatic rings. The molecular weight excluding hydrogens is 476 g/mol. The summed E-state index contributed by atoms with van der Waals surface area (Å²) in [6, 6.07) is 27.6. The molecule has 3 rings (SSSR count). The fourth-order valence-corrected chi connectivity index (χ4v) is 3.55. The second-order valence-corrected chi connectivity index (χ2v) is 7.86. The number of halogens is 2. The van der Waals surface area contributed by atoms with Crippen LogP contribution < -0.4 is 0 Å². The maximum absolute atomic E-state index is 9.56. The number of hydrogen-bond donors (Lipinski definition) is 0. The zero-order chi connectivity index (χ0) is 19.9. The quantitative estimate of drug-likeness (QED) is 0.284. The minimum absolute atomic E-state index is 0.569. The Morgan fingerprint density at radius 1 is 0.643 bits per heavy atom. The van der Waals surface area contributed by atoms with Crippen LogP contribution in [0.25, 0.3) is 23.3 Å². The first kappa shape index (κ1) is 19.8. The second kappa shape index (κ2) is 9.33. The number of rotatable bonds is 4. The normalized spacial score (nSPS) is 11.6. The van der Waals surface area contributed by atoms with Gasteiger partial charge in [0.1, 0.15) is 0 Å². The number of hydrogen-bond acceptors (Lipinski definition) is 2. The van der Waals surface area contributed by atoms with Crippen LogP contribution in [0.15, 0.2) is 81.7 Å². The molecule has 0 saturated heterocycles. The van der Waals surface area contributed by atoms with Gasteiger partial charge in [-0.25, -0.2) is 0 Å². The molecule has 4 heteroatoms. The van der Waals surface area contributed by atoms with E-state index in [0.29, 0.717) is 11.1 Å². The highest BCUT2D eigenvalue weighted by atomic mass is 79.9. The van der Waals surface area contributed by atoms with Gasteiger partial charge < -0.3 is 0 Å². The fourth-order valence-electron chi connectivity index (χ4n) is 2.72. The monoisotopic (exact) mass is 488 g/mol. The highest BCUT2D eigenvalue weighted by Gasteiger charge is 2.05. The number of nitrogens with zero attached hydrogens (tertiary/aromatic N) is 2. The van der Waals surface area contributed by atoms with Gasteiger partial charge in [0.15, 0.2) is 0 Å². The third kappa shape index (κ3) is 5.08. The van der Waals surface area contributed by atoms with Crippen LogP contribution in [0.5, 0.6) is 0 Å². The lowest BCUT2D eigenvalue weighted by molar-refractivity contribution is 1.50. The predicted molar refractivity (Wildman–Crippen MR) is 122 cm³/mol. The minimum atomic E-state index is 0.569. The maximum atomic E-state index is 9.56. The predicted octanol–water partition coefficient (Wildman–Crippen LogP) is 7.34. The number of benzene rings is 3. The van der Waals surface area contributed by atoms with E-state index >= 15 is 0 Å². The maximum Gasteiger partial charge on any atom is 0.0998 e. The molecule has 0 aliphatic heterocycles. The van der Waals surface area contributed by atoms with Gasteiger partial charge in [0.2, 0.25) is 0 Å². The molecule has 0 heterocycles. The molecule has 28 heavy (non-hydrogen) atoms. The first-order chi connectivity index (χ1) is 13.6. The van der Waals surface area contributed by atoms with E-state index < -0.39 is 0 Å². The van der Waals surface area contributed by atoms with Gasteiger partial charge in [-0.3, -0.25) is 0 Å². The summed E-state index contributed by atoms with van der Waals surface area (Å²) >= 11 is 6.89. The lowest BCUT2D eigenvalue weighted by Gasteiger charge is -2.04. The lowest BCUT2D eigenvalue weighted by Crippen LogP contribution is -1.86. The Hall–Kier alpha value is -2.92. The Kier molecular flexibility index (Phi) is 6.61. The topological polar surface area (TPSA) is 47.6 Å². The van der Waals surface area contributed by atoms with Crippen molar-refractivity contribution in [3.8, 4) is 12.1 Å². The molecule has 0 radical (unpaired) electrons. The SMILES string of the molecule is N#C/C(=C\c1cccc(Br)c1)c1ccc(/C(C#N)=C/c2cccc(Br)c2)cc1. The molecule has 0 bridgehead atoms. The Labute approximate surface area is 181 Å². The van der Waals surface area contributed by atoms with E-state index in [1.165, 1.54) is 0 Å². The molecular formula is C24H14Br2N2. The molecule has 0 spiro atoms. The summed E-state index contributed by atoms with van der Waals surface area (Å²) in [7, 11) is 0. The van der Waals surface area contributed by atoms with Gasteiger partial charge in [0.25, 0.3) is 0 Å². The summed E-state index contributed by atoms with van der Waals surface area (Å²) in [4.78, 5) is 0. The van der Waals surface area contributed by atoms with Crippen molar-refractivity contribution in [2.24, 2.45) is 0 Å². The molecule has 0 saturated carbocycles. The standard InChI is InChI=1S/C24H14Br2N2/c25-23-5-1-3-17(13-23)11-21(15-27)19-7-9-20(10-8-19)22(16-28)12-18-4-2-6-24(26)14-18/h1-14H/b21-11+,22-12+. The van der Waals surface area contributed by atoms with Crippen LogP contribution in [0.4, 0.5) is 0 Å². The van der Waals surface area contributed by atoms with Crippen LogP contribution in [0.3, 0.4) is 0 Å². The molecule has 0 unspecified atom stereocenters. The first-order valence-electron chi connectivity index (χ1n) is 8.44. The molecule has 3 aromatic carbocycles. The fraction of sp³-hybridized carbons (Fsp3) is 0. The van der Waals surface area contributed by atoms with Crippen molar-refractivity contribution < 1.29 is 0 Å². The molecule has 0 atom stereocenters. The van der Waals surface area contributed by atoms with Gasteiger partial charge in [0, 0.05) is 8.95 Å². The van der Waals surface area contributed by atoms with Gasteiger partial charge in [0.05, 0.1) is 23.3 Å². The van der Waals surface area contributed by atoms with Crippen molar-refractivity contribution in [1.82, 2.24) is 0 Å². The van der Waals surface area contributed by atoms with Crippen LogP contribution in [0.1, 0.15) is 22.3 Å². The average molecular weight is 490 g/mol. The Bertz CT molecular complexity index is 1050. The summed E-state index contributed by atoms with van der Waals surface area (Å²) in [6.07, 6.45) is 3.70. The van der Waals surface area contributed by atoms with E-state index in [1.807, 2.05) is 84.9 Å².